The normalized spacial score (nSPS) is 9.82. The van der Waals surface area contributed by atoms with Crippen molar-refractivity contribution >= 4 is 5.78 Å². The number of ketones is 1. The van der Waals surface area contributed by atoms with Crippen LogP contribution in [0.1, 0.15) is 11.1 Å². The molecule has 0 fully saturated rings. The summed E-state index contributed by atoms with van der Waals surface area (Å²) in [7, 11) is 0. The molecule has 2 aromatic rings. The molecule has 0 spiro atoms. The van der Waals surface area contributed by atoms with Gasteiger partial charge in [-0.3, -0.25) is 4.79 Å². The number of para-hydroxylation sites is 2. The number of benzene rings is 2. The van der Waals surface area contributed by atoms with E-state index in [2.05, 4.69) is 13.2 Å². The van der Waals surface area contributed by atoms with Crippen molar-refractivity contribution in [3.63, 3.8) is 0 Å². The van der Waals surface area contributed by atoms with E-state index in [4.69, 9.17) is 9.47 Å². The molecule has 0 atom stereocenters. The molecule has 0 bridgehead atoms. The highest BCUT2D eigenvalue weighted by Crippen LogP contribution is 2.22. The van der Waals surface area contributed by atoms with Gasteiger partial charge in [0.1, 0.15) is 17.3 Å². The molecule has 112 valence electrons. The van der Waals surface area contributed by atoms with E-state index in [0.29, 0.717) is 24.3 Å². The molecular weight excluding hydrogens is 276 g/mol. The van der Waals surface area contributed by atoms with Gasteiger partial charge in [-0.05, 0) is 12.1 Å². The van der Waals surface area contributed by atoms with Gasteiger partial charge in [0.25, 0.3) is 0 Å². The highest BCUT2D eigenvalue weighted by Gasteiger charge is 2.12. The van der Waals surface area contributed by atoms with Crippen LogP contribution in [0.25, 0.3) is 0 Å². The summed E-state index contributed by atoms with van der Waals surface area (Å²) in [4.78, 5) is 12.3. The summed E-state index contributed by atoms with van der Waals surface area (Å²) in [6, 6.07) is 14.9. The Balaban J connectivity index is 2.11. The third-order valence-corrected chi connectivity index (χ3v) is 3.14. The Morgan fingerprint density at radius 2 is 1.23 bits per heavy atom. The lowest BCUT2D eigenvalue weighted by Gasteiger charge is -2.09. The zero-order chi connectivity index (χ0) is 15.8. The van der Waals surface area contributed by atoms with Crippen molar-refractivity contribution in [2.75, 3.05) is 0 Å². The molecule has 0 saturated heterocycles. The summed E-state index contributed by atoms with van der Waals surface area (Å²) in [6.07, 6.45) is 3.31. The van der Waals surface area contributed by atoms with Gasteiger partial charge >= 0.3 is 0 Å². The van der Waals surface area contributed by atoms with Gasteiger partial charge in [-0.2, -0.15) is 0 Å². The zero-order valence-corrected chi connectivity index (χ0v) is 12.3. The summed E-state index contributed by atoms with van der Waals surface area (Å²) in [5.41, 5.74) is 1.68. The van der Waals surface area contributed by atoms with E-state index in [1.165, 1.54) is 12.5 Å². The fourth-order valence-corrected chi connectivity index (χ4v) is 2.20. The number of hydrogen-bond acceptors (Lipinski definition) is 3. The van der Waals surface area contributed by atoms with E-state index in [0.717, 1.165) is 11.1 Å². The van der Waals surface area contributed by atoms with Crippen molar-refractivity contribution < 1.29 is 14.3 Å². The summed E-state index contributed by atoms with van der Waals surface area (Å²) >= 11 is 0. The Kier molecular flexibility index (Phi) is 5.55. The van der Waals surface area contributed by atoms with Gasteiger partial charge in [-0.15, -0.1) is 0 Å². The molecule has 0 heterocycles. The number of Topliss-reactive ketones (excluding diaryl/α,β-unsaturated/α-hetero) is 1. The van der Waals surface area contributed by atoms with Crippen LogP contribution in [-0.2, 0) is 17.6 Å². The van der Waals surface area contributed by atoms with Gasteiger partial charge < -0.3 is 9.47 Å². The molecule has 0 N–H and O–H groups in total. The summed E-state index contributed by atoms with van der Waals surface area (Å²) < 4.78 is 10.6. The van der Waals surface area contributed by atoms with E-state index in [-0.39, 0.29) is 5.78 Å². The number of carbonyl (C=O) groups excluding carboxylic acids is 1. The van der Waals surface area contributed by atoms with Gasteiger partial charge in [-0.1, -0.05) is 49.6 Å². The topological polar surface area (TPSA) is 35.5 Å². The zero-order valence-electron chi connectivity index (χ0n) is 12.3. The lowest BCUT2D eigenvalue weighted by atomic mass is 10.0. The van der Waals surface area contributed by atoms with Crippen LogP contribution >= 0.6 is 0 Å². The first-order chi connectivity index (χ1) is 10.7. The second kappa shape index (κ2) is 7.84. The summed E-state index contributed by atoms with van der Waals surface area (Å²) in [5, 5.41) is 0. The Labute approximate surface area is 130 Å². The molecule has 0 aromatic heterocycles. The molecule has 2 aromatic carbocycles. The molecule has 0 saturated carbocycles. The summed E-state index contributed by atoms with van der Waals surface area (Å²) in [6.45, 7) is 7.09. The van der Waals surface area contributed by atoms with Gasteiger partial charge in [0, 0.05) is 24.0 Å². The minimum atomic E-state index is 0.0835. The maximum atomic E-state index is 12.3. The average molecular weight is 294 g/mol. The minimum Gasteiger partial charge on any atom is -0.465 e. The van der Waals surface area contributed by atoms with E-state index >= 15 is 0 Å². The van der Waals surface area contributed by atoms with E-state index in [1.54, 1.807) is 0 Å². The van der Waals surface area contributed by atoms with Crippen LogP contribution in [0, 0.1) is 0 Å². The highest BCUT2D eigenvalue weighted by molar-refractivity contribution is 5.84. The predicted molar refractivity (Wildman–Crippen MR) is 86.9 cm³/mol. The Bertz CT molecular complexity index is 616. The van der Waals surface area contributed by atoms with Crippen LogP contribution in [0.3, 0.4) is 0 Å². The Hall–Kier alpha value is -2.81. The van der Waals surface area contributed by atoms with Crippen molar-refractivity contribution in [2.24, 2.45) is 0 Å². The second-order valence-electron chi connectivity index (χ2n) is 4.68. The fourth-order valence-electron chi connectivity index (χ4n) is 2.20. The average Bonchev–Trinajstić information content (AvgIpc) is 2.52. The van der Waals surface area contributed by atoms with Gasteiger partial charge in [0.05, 0.1) is 12.5 Å². The SMILES string of the molecule is C=COc1ccccc1CC(=O)Cc1ccccc1OC=C. The molecular formula is C19H18O3. The number of rotatable bonds is 8. The van der Waals surface area contributed by atoms with E-state index in [9.17, 15) is 4.79 Å². The van der Waals surface area contributed by atoms with Gasteiger partial charge in [-0.25, -0.2) is 0 Å². The first-order valence-corrected chi connectivity index (χ1v) is 6.97. The number of carbonyl (C=O) groups is 1. The van der Waals surface area contributed by atoms with Crippen molar-refractivity contribution in [3.05, 3.63) is 85.3 Å². The first kappa shape index (κ1) is 15.6. The van der Waals surface area contributed by atoms with Crippen molar-refractivity contribution in [3.8, 4) is 11.5 Å². The van der Waals surface area contributed by atoms with Gasteiger partial charge in [0.15, 0.2) is 0 Å². The fraction of sp³-hybridized carbons (Fsp3) is 0.105. The number of hydrogen-bond donors (Lipinski definition) is 0. The molecule has 0 aliphatic heterocycles. The third kappa shape index (κ3) is 4.09. The second-order valence-corrected chi connectivity index (χ2v) is 4.68. The highest BCUT2D eigenvalue weighted by atomic mass is 16.5. The smallest absolute Gasteiger partial charge is 0.141 e. The molecule has 0 amide bonds. The van der Waals surface area contributed by atoms with Crippen LogP contribution in [0.5, 0.6) is 11.5 Å². The molecule has 2 rings (SSSR count). The van der Waals surface area contributed by atoms with Crippen molar-refractivity contribution in [2.45, 2.75) is 12.8 Å². The molecule has 0 aliphatic rings. The van der Waals surface area contributed by atoms with Crippen LogP contribution in [0.2, 0.25) is 0 Å². The van der Waals surface area contributed by atoms with Gasteiger partial charge in [0.2, 0.25) is 0 Å². The van der Waals surface area contributed by atoms with Crippen LogP contribution in [0.15, 0.2) is 74.2 Å². The first-order valence-electron chi connectivity index (χ1n) is 6.97. The standard InChI is InChI=1S/C19H18O3/c1-3-21-18-11-7-5-9-15(18)13-17(20)14-16-10-6-8-12-19(16)22-4-2/h3-12H,1-2,13-14H2. The maximum absolute atomic E-state index is 12.3. The monoisotopic (exact) mass is 294 g/mol. The molecule has 0 unspecified atom stereocenters. The van der Waals surface area contributed by atoms with Crippen LogP contribution < -0.4 is 9.47 Å². The minimum absolute atomic E-state index is 0.0835. The number of ether oxygens (including phenoxy) is 2. The quantitative estimate of drug-likeness (QED) is 0.688. The van der Waals surface area contributed by atoms with Crippen LogP contribution in [-0.4, -0.2) is 5.78 Å². The third-order valence-electron chi connectivity index (χ3n) is 3.14. The van der Waals surface area contributed by atoms with Crippen molar-refractivity contribution in [1.29, 1.82) is 0 Å². The van der Waals surface area contributed by atoms with E-state index in [1.807, 2.05) is 48.5 Å². The lowest BCUT2D eigenvalue weighted by molar-refractivity contribution is -0.117. The Morgan fingerprint density at radius 1 is 0.818 bits per heavy atom. The maximum Gasteiger partial charge on any atom is 0.141 e. The lowest BCUT2D eigenvalue weighted by Crippen LogP contribution is -2.08. The van der Waals surface area contributed by atoms with Crippen molar-refractivity contribution in [1.82, 2.24) is 0 Å². The summed E-state index contributed by atoms with van der Waals surface area (Å²) in [5.74, 6) is 1.39. The largest absolute Gasteiger partial charge is 0.465 e. The molecule has 0 aliphatic carbocycles. The molecule has 3 nitrogen and oxygen atoms in total. The molecule has 22 heavy (non-hydrogen) atoms. The van der Waals surface area contributed by atoms with E-state index < -0.39 is 0 Å². The predicted octanol–water partition coefficient (Wildman–Crippen LogP) is 4.09. The van der Waals surface area contributed by atoms with Crippen LogP contribution in [0.4, 0.5) is 0 Å². The Morgan fingerprint density at radius 3 is 1.64 bits per heavy atom. The molecule has 3 heteroatoms. The molecule has 0 radical (unpaired) electrons.